The number of hydrogen-bond acceptors (Lipinski definition) is 3. The van der Waals surface area contributed by atoms with E-state index in [0.29, 0.717) is 12.0 Å². The van der Waals surface area contributed by atoms with Gasteiger partial charge in [-0.15, -0.1) is 0 Å². The highest BCUT2D eigenvalue weighted by atomic mass is 32.2. The van der Waals surface area contributed by atoms with Crippen molar-refractivity contribution in [3.8, 4) is 0 Å². The van der Waals surface area contributed by atoms with Crippen molar-refractivity contribution in [2.24, 2.45) is 5.92 Å². The lowest BCUT2D eigenvalue weighted by Crippen LogP contribution is -2.47. The predicted molar refractivity (Wildman–Crippen MR) is 72.5 cm³/mol. The highest BCUT2D eigenvalue weighted by Crippen LogP contribution is 2.22. The van der Waals surface area contributed by atoms with Crippen LogP contribution in [-0.2, 0) is 0 Å². The molecular formula is C12H23N3OS. The third kappa shape index (κ3) is 4.76. The van der Waals surface area contributed by atoms with Gasteiger partial charge in [0.05, 0.1) is 0 Å². The Balaban J connectivity index is 1.53. The van der Waals surface area contributed by atoms with Crippen LogP contribution in [0.4, 0.5) is 4.79 Å². The lowest BCUT2D eigenvalue weighted by Gasteiger charge is -2.23. The molecule has 2 fully saturated rings. The van der Waals surface area contributed by atoms with Gasteiger partial charge in [-0.1, -0.05) is 6.42 Å². The summed E-state index contributed by atoms with van der Waals surface area (Å²) in [5, 5.41) is 9.36. The van der Waals surface area contributed by atoms with E-state index in [2.05, 4.69) is 16.0 Å². The molecule has 0 radical (unpaired) electrons. The van der Waals surface area contributed by atoms with Gasteiger partial charge >= 0.3 is 6.03 Å². The quantitative estimate of drug-likeness (QED) is 0.709. The first-order valence-electron chi connectivity index (χ1n) is 6.67. The molecule has 0 spiro atoms. The maximum Gasteiger partial charge on any atom is 0.314 e. The van der Waals surface area contributed by atoms with Crippen molar-refractivity contribution >= 4 is 17.8 Å². The summed E-state index contributed by atoms with van der Waals surface area (Å²) in [5.74, 6) is 3.13. The normalized spacial score (nSPS) is 28.9. The number of carbonyl (C=O) groups excluding carboxylic acids is 1. The second kappa shape index (κ2) is 7.11. The van der Waals surface area contributed by atoms with Crippen molar-refractivity contribution in [2.75, 3.05) is 31.1 Å². The number of piperidine rings is 1. The molecule has 2 saturated heterocycles. The van der Waals surface area contributed by atoms with Crippen molar-refractivity contribution in [1.82, 2.24) is 16.0 Å². The molecule has 0 aromatic heterocycles. The lowest BCUT2D eigenvalue weighted by molar-refractivity contribution is 0.237. The van der Waals surface area contributed by atoms with Gasteiger partial charge in [-0.25, -0.2) is 4.79 Å². The Labute approximate surface area is 108 Å². The molecule has 2 amide bonds. The third-order valence-corrected chi connectivity index (χ3v) is 4.73. The van der Waals surface area contributed by atoms with Crippen molar-refractivity contribution in [3.63, 3.8) is 0 Å². The van der Waals surface area contributed by atoms with Gasteiger partial charge in [0.15, 0.2) is 0 Å². The zero-order valence-corrected chi connectivity index (χ0v) is 11.2. The molecule has 2 atom stereocenters. The molecule has 0 aliphatic carbocycles. The molecule has 0 aromatic carbocycles. The van der Waals surface area contributed by atoms with Gasteiger partial charge in [0.1, 0.15) is 0 Å². The molecule has 4 nitrogen and oxygen atoms in total. The van der Waals surface area contributed by atoms with Gasteiger partial charge in [0, 0.05) is 19.1 Å². The van der Waals surface area contributed by atoms with Crippen LogP contribution in [-0.4, -0.2) is 43.2 Å². The summed E-state index contributed by atoms with van der Waals surface area (Å²) in [4.78, 5) is 11.6. The highest BCUT2D eigenvalue weighted by Gasteiger charge is 2.17. The SMILES string of the molecule is O=C(NCC1CCSC1)NCC1CCCCN1. The van der Waals surface area contributed by atoms with Gasteiger partial charge < -0.3 is 16.0 Å². The first-order valence-corrected chi connectivity index (χ1v) is 7.83. The van der Waals surface area contributed by atoms with Gasteiger partial charge in [0.2, 0.25) is 0 Å². The summed E-state index contributed by atoms with van der Waals surface area (Å²) in [6.45, 7) is 2.68. The number of rotatable bonds is 4. The number of amides is 2. The van der Waals surface area contributed by atoms with Crippen LogP contribution >= 0.6 is 11.8 Å². The van der Waals surface area contributed by atoms with E-state index in [1.54, 1.807) is 0 Å². The number of nitrogens with one attached hydrogen (secondary N) is 3. The van der Waals surface area contributed by atoms with Crippen molar-refractivity contribution in [1.29, 1.82) is 0 Å². The molecule has 0 aromatic rings. The molecule has 2 aliphatic rings. The van der Waals surface area contributed by atoms with Crippen LogP contribution < -0.4 is 16.0 Å². The van der Waals surface area contributed by atoms with E-state index in [-0.39, 0.29) is 6.03 Å². The zero-order valence-electron chi connectivity index (χ0n) is 10.3. The van der Waals surface area contributed by atoms with E-state index < -0.39 is 0 Å². The minimum Gasteiger partial charge on any atom is -0.338 e. The monoisotopic (exact) mass is 257 g/mol. The molecule has 3 N–H and O–H groups in total. The maximum absolute atomic E-state index is 11.6. The van der Waals surface area contributed by atoms with Crippen LogP contribution in [0.3, 0.4) is 0 Å². The van der Waals surface area contributed by atoms with E-state index in [1.165, 1.54) is 37.2 Å². The first kappa shape index (κ1) is 13.0. The molecule has 0 bridgehead atoms. The van der Waals surface area contributed by atoms with Crippen LogP contribution in [0.15, 0.2) is 0 Å². The fraction of sp³-hybridized carbons (Fsp3) is 0.917. The molecule has 98 valence electrons. The third-order valence-electron chi connectivity index (χ3n) is 3.50. The zero-order chi connectivity index (χ0) is 11.9. The Kier molecular flexibility index (Phi) is 5.45. The van der Waals surface area contributed by atoms with Crippen LogP contribution in [0.5, 0.6) is 0 Å². The summed E-state index contributed by atoms with van der Waals surface area (Å²) in [5.41, 5.74) is 0. The second-order valence-corrected chi connectivity index (χ2v) is 6.12. The second-order valence-electron chi connectivity index (χ2n) is 4.97. The standard InChI is InChI=1S/C12H23N3OS/c16-12(14-7-10-4-6-17-9-10)15-8-11-3-1-2-5-13-11/h10-11,13H,1-9H2,(H2,14,15,16). The molecular weight excluding hydrogens is 234 g/mol. The average molecular weight is 257 g/mol. The largest absolute Gasteiger partial charge is 0.338 e. The van der Waals surface area contributed by atoms with E-state index in [9.17, 15) is 4.79 Å². The molecule has 2 aliphatic heterocycles. The van der Waals surface area contributed by atoms with Crippen LogP contribution in [0.1, 0.15) is 25.7 Å². The molecule has 2 rings (SSSR count). The maximum atomic E-state index is 11.6. The van der Waals surface area contributed by atoms with Crippen LogP contribution in [0.25, 0.3) is 0 Å². The van der Waals surface area contributed by atoms with Gasteiger partial charge in [-0.05, 0) is 43.2 Å². The average Bonchev–Trinajstić information content (AvgIpc) is 2.88. The summed E-state index contributed by atoms with van der Waals surface area (Å²) in [6, 6.07) is 0.464. The minimum absolute atomic E-state index is 0.00530. The van der Waals surface area contributed by atoms with Crippen molar-refractivity contribution in [3.05, 3.63) is 0 Å². The molecule has 5 heteroatoms. The number of urea groups is 1. The van der Waals surface area contributed by atoms with Crippen LogP contribution in [0, 0.1) is 5.92 Å². The summed E-state index contributed by atoms with van der Waals surface area (Å²) in [6.07, 6.45) is 4.97. The molecule has 2 unspecified atom stereocenters. The molecule has 2 heterocycles. The minimum atomic E-state index is -0.00530. The Morgan fingerprint density at radius 2 is 2.12 bits per heavy atom. The lowest BCUT2D eigenvalue weighted by atomic mass is 10.1. The summed E-state index contributed by atoms with van der Waals surface area (Å²) in [7, 11) is 0. The molecule has 17 heavy (non-hydrogen) atoms. The van der Waals surface area contributed by atoms with Crippen molar-refractivity contribution < 1.29 is 4.79 Å². The molecule has 0 saturated carbocycles. The summed E-state index contributed by atoms with van der Waals surface area (Å²) < 4.78 is 0. The van der Waals surface area contributed by atoms with E-state index in [0.717, 1.165) is 19.6 Å². The number of hydrogen-bond donors (Lipinski definition) is 3. The predicted octanol–water partition coefficient (Wildman–Crippen LogP) is 1.18. The number of thioether (sulfide) groups is 1. The van der Waals surface area contributed by atoms with E-state index in [1.807, 2.05) is 11.8 Å². The Morgan fingerprint density at radius 1 is 1.24 bits per heavy atom. The van der Waals surface area contributed by atoms with E-state index in [4.69, 9.17) is 0 Å². The fourth-order valence-electron chi connectivity index (χ4n) is 2.36. The first-order chi connectivity index (χ1) is 8.34. The van der Waals surface area contributed by atoms with Gasteiger partial charge in [0.25, 0.3) is 0 Å². The van der Waals surface area contributed by atoms with Gasteiger partial charge in [-0.2, -0.15) is 11.8 Å². The van der Waals surface area contributed by atoms with Crippen LogP contribution in [0.2, 0.25) is 0 Å². The topological polar surface area (TPSA) is 53.2 Å². The highest BCUT2D eigenvalue weighted by molar-refractivity contribution is 7.99. The smallest absolute Gasteiger partial charge is 0.314 e. The fourth-order valence-corrected chi connectivity index (χ4v) is 3.64. The van der Waals surface area contributed by atoms with Gasteiger partial charge in [-0.3, -0.25) is 0 Å². The van der Waals surface area contributed by atoms with E-state index >= 15 is 0 Å². The number of carbonyl (C=O) groups is 1. The van der Waals surface area contributed by atoms with Crippen molar-refractivity contribution in [2.45, 2.75) is 31.7 Å². The Hall–Kier alpha value is -0.420. The Bertz CT molecular complexity index is 238. The summed E-state index contributed by atoms with van der Waals surface area (Å²) >= 11 is 1.99. The Morgan fingerprint density at radius 3 is 2.82 bits per heavy atom.